The minimum atomic E-state index is -4.48. The quantitative estimate of drug-likeness (QED) is 0.369. The van der Waals surface area contributed by atoms with Gasteiger partial charge in [-0.25, -0.2) is 4.79 Å². The molecule has 0 saturated heterocycles. The van der Waals surface area contributed by atoms with Crippen LogP contribution in [0.3, 0.4) is 0 Å². The number of nitrogens with zero attached hydrogens (tertiary/aromatic N) is 2. The number of oxime groups is 1. The number of carbonyl (C=O) groups excluding carboxylic acids is 2. The molecule has 9 heteroatoms. The SMILES string of the molecule is Cc1ccc2c(c1)C(=NOC(=O)CCCCl)C(=O)N2Cc1cccc(C(F)(F)F)c1. The second kappa shape index (κ2) is 8.87. The van der Waals surface area contributed by atoms with Crippen molar-refractivity contribution in [1.29, 1.82) is 0 Å². The molecule has 0 radical (unpaired) electrons. The summed E-state index contributed by atoms with van der Waals surface area (Å²) in [6.07, 6.45) is -4.01. The molecule has 5 nitrogen and oxygen atoms in total. The number of carbonyl (C=O) groups is 2. The summed E-state index contributed by atoms with van der Waals surface area (Å²) >= 11 is 5.54. The van der Waals surface area contributed by atoms with Crippen LogP contribution >= 0.6 is 11.6 Å². The number of benzene rings is 2. The second-order valence-corrected chi connectivity index (χ2v) is 7.18. The fourth-order valence-electron chi connectivity index (χ4n) is 3.05. The molecule has 0 fully saturated rings. The van der Waals surface area contributed by atoms with E-state index in [1.165, 1.54) is 17.0 Å². The van der Waals surface area contributed by atoms with Gasteiger partial charge in [0, 0.05) is 17.9 Å². The first-order valence-electron chi connectivity index (χ1n) is 9.13. The van der Waals surface area contributed by atoms with Gasteiger partial charge in [-0.05, 0) is 43.2 Å². The van der Waals surface area contributed by atoms with E-state index in [1.54, 1.807) is 18.2 Å². The molecule has 0 aromatic heterocycles. The van der Waals surface area contributed by atoms with E-state index in [0.717, 1.165) is 17.7 Å². The Morgan fingerprint density at radius 1 is 1.20 bits per heavy atom. The Balaban J connectivity index is 1.90. The highest BCUT2D eigenvalue weighted by molar-refractivity contribution is 6.54. The van der Waals surface area contributed by atoms with Crippen LogP contribution in [0.5, 0.6) is 0 Å². The maximum atomic E-state index is 13.0. The van der Waals surface area contributed by atoms with E-state index in [2.05, 4.69) is 5.16 Å². The number of fused-ring (bicyclic) bond motifs is 1. The number of amides is 1. The predicted octanol–water partition coefficient (Wildman–Crippen LogP) is 4.83. The molecule has 0 unspecified atom stereocenters. The van der Waals surface area contributed by atoms with Crippen LogP contribution in [-0.2, 0) is 27.1 Å². The summed E-state index contributed by atoms with van der Waals surface area (Å²) in [5.41, 5.74) is 1.24. The highest BCUT2D eigenvalue weighted by Crippen LogP contribution is 2.33. The zero-order chi connectivity index (χ0) is 21.9. The fourth-order valence-corrected chi connectivity index (χ4v) is 3.19. The van der Waals surface area contributed by atoms with Gasteiger partial charge in [0.15, 0.2) is 5.71 Å². The highest BCUT2D eigenvalue weighted by Gasteiger charge is 2.36. The van der Waals surface area contributed by atoms with E-state index in [0.29, 0.717) is 23.2 Å². The van der Waals surface area contributed by atoms with Crippen molar-refractivity contribution in [3.63, 3.8) is 0 Å². The molecule has 158 valence electrons. The molecule has 2 aromatic carbocycles. The van der Waals surface area contributed by atoms with Crippen LogP contribution in [-0.4, -0.2) is 23.5 Å². The van der Waals surface area contributed by atoms with Crippen LogP contribution in [0, 0.1) is 6.92 Å². The van der Waals surface area contributed by atoms with Gasteiger partial charge in [0.2, 0.25) is 0 Å². The van der Waals surface area contributed by atoms with Crippen molar-refractivity contribution in [2.75, 3.05) is 10.8 Å². The van der Waals surface area contributed by atoms with Crippen molar-refractivity contribution in [2.24, 2.45) is 5.16 Å². The number of aryl methyl sites for hydroxylation is 1. The number of hydrogen-bond donors (Lipinski definition) is 0. The van der Waals surface area contributed by atoms with Crippen LogP contribution in [0.15, 0.2) is 47.6 Å². The maximum Gasteiger partial charge on any atom is 0.416 e. The number of anilines is 1. The molecule has 2 aromatic rings. The van der Waals surface area contributed by atoms with Gasteiger partial charge in [-0.2, -0.15) is 13.2 Å². The first-order valence-corrected chi connectivity index (χ1v) is 9.67. The molecule has 0 aliphatic carbocycles. The molecule has 1 aliphatic rings. The third-order valence-corrected chi connectivity index (χ3v) is 4.76. The van der Waals surface area contributed by atoms with Crippen molar-refractivity contribution in [3.8, 4) is 0 Å². The summed E-state index contributed by atoms with van der Waals surface area (Å²) in [5.74, 6) is -0.892. The van der Waals surface area contributed by atoms with Crippen LogP contribution in [0.1, 0.15) is 35.1 Å². The van der Waals surface area contributed by atoms with Crippen molar-refractivity contribution in [1.82, 2.24) is 0 Å². The lowest BCUT2D eigenvalue weighted by Crippen LogP contribution is -2.30. The lowest BCUT2D eigenvalue weighted by molar-refractivity contribution is -0.143. The van der Waals surface area contributed by atoms with Crippen molar-refractivity contribution in [2.45, 2.75) is 32.5 Å². The average molecular weight is 439 g/mol. The Hall–Kier alpha value is -2.87. The van der Waals surface area contributed by atoms with Crippen molar-refractivity contribution >= 4 is 34.9 Å². The summed E-state index contributed by atoms with van der Waals surface area (Å²) in [7, 11) is 0. The molecule has 1 amide bonds. The van der Waals surface area contributed by atoms with Gasteiger partial charge in [0.1, 0.15) is 0 Å². The normalized spacial score (nSPS) is 14.9. The van der Waals surface area contributed by atoms with Crippen LogP contribution in [0.2, 0.25) is 0 Å². The van der Waals surface area contributed by atoms with E-state index in [-0.39, 0.29) is 24.6 Å². The van der Waals surface area contributed by atoms with Gasteiger partial charge in [-0.1, -0.05) is 28.9 Å². The molecule has 1 heterocycles. The topological polar surface area (TPSA) is 59.0 Å². The Morgan fingerprint density at radius 2 is 1.97 bits per heavy atom. The molecular formula is C21H18ClF3N2O3. The predicted molar refractivity (Wildman–Crippen MR) is 106 cm³/mol. The number of rotatable bonds is 6. The van der Waals surface area contributed by atoms with Gasteiger partial charge in [-0.15, -0.1) is 11.6 Å². The fraction of sp³-hybridized carbons (Fsp3) is 0.286. The second-order valence-electron chi connectivity index (χ2n) is 6.81. The Morgan fingerprint density at radius 3 is 2.67 bits per heavy atom. The Kier molecular flexibility index (Phi) is 6.45. The molecule has 30 heavy (non-hydrogen) atoms. The first kappa shape index (κ1) is 21.8. The zero-order valence-electron chi connectivity index (χ0n) is 16.0. The zero-order valence-corrected chi connectivity index (χ0v) is 16.8. The third kappa shape index (κ3) is 4.81. The summed E-state index contributed by atoms with van der Waals surface area (Å²) in [5, 5.41) is 3.74. The third-order valence-electron chi connectivity index (χ3n) is 4.49. The molecule has 1 aliphatic heterocycles. The van der Waals surface area contributed by atoms with Gasteiger partial charge in [0.05, 0.1) is 17.8 Å². The van der Waals surface area contributed by atoms with Crippen LogP contribution in [0.4, 0.5) is 18.9 Å². The molecule has 0 saturated carbocycles. The molecule has 3 rings (SSSR count). The maximum absolute atomic E-state index is 13.0. The number of halogens is 4. The molecule has 0 bridgehead atoms. The van der Waals surface area contributed by atoms with Crippen LogP contribution < -0.4 is 4.90 Å². The van der Waals surface area contributed by atoms with E-state index in [9.17, 15) is 22.8 Å². The van der Waals surface area contributed by atoms with Gasteiger partial charge in [-0.3, -0.25) is 4.79 Å². The number of alkyl halides is 4. The van der Waals surface area contributed by atoms with E-state index < -0.39 is 23.6 Å². The van der Waals surface area contributed by atoms with E-state index in [1.807, 2.05) is 6.92 Å². The molecule has 0 atom stereocenters. The van der Waals surface area contributed by atoms with Crippen LogP contribution in [0.25, 0.3) is 0 Å². The van der Waals surface area contributed by atoms with E-state index >= 15 is 0 Å². The first-order chi connectivity index (χ1) is 14.2. The summed E-state index contributed by atoms with van der Waals surface area (Å²) < 4.78 is 39.0. The average Bonchev–Trinajstić information content (AvgIpc) is 2.95. The van der Waals surface area contributed by atoms with Crippen molar-refractivity contribution in [3.05, 3.63) is 64.7 Å². The van der Waals surface area contributed by atoms with Gasteiger partial charge >= 0.3 is 12.1 Å². The Labute approximate surface area is 176 Å². The standard InChI is InChI=1S/C21H18ClF3N2O3/c1-13-7-8-17-16(10-13)19(26-30-18(28)6-3-9-22)20(29)27(17)12-14-4-2-5-15(11-14)21(23,24)25/h2,4-5,7-8,10-11H,3,6,9,12H2,1H3. The molecule has 0 spiro atoms. The Bertz CT molecular complexity index is 1010. The minimum absolute atomic E-state index is 0.0586. The lowest BCUT2D eigenvalue weighted by atomic mass is 10.1. The molecule has 0 N–H and O–H groups in total. The lowest BCUT2D eigenvalue weighted by Gasteiger charge is -2.18. The monoisotopic (exact) mass is 438 g/mol. The minimum Gasteiger partial charge on any atom is -0.317 e. The summed E-state index contributed by atoms with van der Waals surface area (Å²) in [6, 6.07) is 9.96. The smallest absolute Gasteiger partial charge is 0.317 e. The molecular weight excluding hydrogens is 421 g/mol. The largest absolute Gasteiger partial charge is 0.416 e. The number of hydrogen-bond acceptors (Lipinski definition) is 4. The summed E-state index contributed by atoms with van der Waals surface area (Å²) in [6.45, 7) is 1.74. The summed E-state index contributed by atoms with van der Waals surface area (Å²) in [4.78, 5) is 30.8. The van der Waals surface area contributed by atoms with Gasteiger partial charge in [0.25, 0.3) is 5.91 Å². The van der Waals surface area contributed by atoms with Crippen molar-refractivity contribution < 1.29 is 27.6 Å². The van der Waals surface area contributed by atoms with Gasteiger partial charge < -0.3 is 9.74 Å². The van der Waals surface area contributed by atoms with E-state index in [4.69, 9.17) is 16.4 Å². The highest BCUT2D eigenvalue weighted by atomic mass is 35.5.